The maximum Gasteiger partial charge on any atom is 0.326 e. The normalized spacial score (nSPS) is 25.7. The van der Waals surface area contributed by atoms with Crippen molar-refractivity contribution in [1.29, 1.82) is 0 Å². The number of benzene rings is 1. The second kappa shape index (κ2) is 6.58. The van der Waals surface area contributed by atoms with Crippen LogP contribution in [0, 0.1) is 12.3 Å². The average Bonchev–Trinajstić information content (AvgIpc) is 2.53. The third-order valence-electron chi connectivity index (χ3n) is 4.22. The molecule has 0 spiro atoms. The fourth-order valence-electron chi connectivity index (χ4n) is 3.04. The molecule has 0 bridgehead atoms. The Labute approximate surface area is 120 Å². The number of carbonyl (C=O) groups is 1. The summed E-state index contributed by atoms with van der Waals surface area (Å²) < 4.78 is 4.96. The van der Waals surface area contributed by atoms with Crippen molar-refractivity contribution >= 4 is 5.97 Å². The van der Waals surface area contributed by atoms with Crippen LogP contribution in [0.25, 0.3) is 0 Å². The maximum atomic E-state index is 12.1. The summed E-state index contributed by atoms with van der Waals surface area (Å²) >= 11 is 0. The number of carbonyl (C=O) groups excluding carboxylic acids is 1. The first-order chi connectivity index (χ1) is 9.72. The van der Waals surface area contributed by atoms with Gasteiger partial charge in [-0.15, -0.1) is 6.42 Å². The first kappa shape index (κ1) is 14.6. The van der Waals surface area contributed by atoms with Crippen LogP contribution in [0.15, 0.2) is 30.3 Å². The van der Waals surface area contributed by atoms with E-state index in [-0.39, 0.29) is 5.97 Å². The monoisotopic (exact) mass is 271 g/mol. The number of ether oxygens (including phenoxy) is 1. The molecule has 0 aromatic heterocycles. The van der Waals surface area contributed by atoms with Gasteiger partial charge in [-0.3, -0.25) is 10.1 Å². The van der Waals surface area contributed by atoms with Gasteiger partial charge in [-0.1, -0.05) is 36.3 Å². The number of methoxy groups -OCH3 is 1. The van der Waals surface area contributed by atoms with E-state index in [2.05, 4.69) is 35.5 Å². The molecule has 1 saturated carbocycles. The summed E-state index contributed by atoms with van der Waals surface area (Å²) in [5.74, 6) is 2.86. The summed E-state index contributed by atoms with van der Waals surface area (Å²) in [6.45, 7) is 0.394. The van der Waals surface area contributed by atoms with E-state index in [0.717, 1.165) is 25.7 Å². The van der Waals surface area contributed by atoms with Gasteiger partial charge in [-0.25, -0.2) is 0 Å². The maximum absolute atomic E-state index is 12.1. The molecule has 1 fully saturated rings. The molecule has 0 amide bonds. The van der Waals surface area contributed by atoms with Crippen molar-refractivity contribution in [3.05, 3.63) is 35.9 Å². The Bertz CT molecular complexity index is 481. The minimum absolute atomic E-state index is 0.195. The summed E-state index contributed by atoms with van der Waals surface area (Å²) in [6.07, 6.45) is 8.77. The van der Waals surface area contributed by atoms with E-state index in [1.807, 2.05) is 6.07 Å². The van der Waals surface area contributed by atoms with E-state index in [0.29, 0.717) is 12.5 Å². The molecule has 0 heterocycles. The second-order valence-electron chi connectivity index (χ2n) is 5.32. The fourth-order valence-corrected chi connectivity index (χ4v) is 3.04. The quantitative estimate of drug-likeness (QED) is 0.675. The van der Waals surface area contributed by atoms with Crippen LogP contribution in [0.3, 0.4) is 0 Å². The Morgan fingerprint density at radius 1 is 1.40 bits per heavy atom. The zero-order chi connectivity index (χ0) is 14.4. The number of hydrogen-bond donors (Lipinski definition) is 1. The number of nitrogens with one attached hydrogen (secondary N) is 1. The first-order valence-corrected chi connectivity index (χ1v) is 7.04. The lowest BCUT2D eigenvalue weighted by Gasteiger charge is -2.38. The molecule has 106 valence electrons. The summed E-state index contributed by atoms with van der Waals surface area (Å²) in [4.78, 5) is 12.1. The predicted octanol–water partition coefficient (Wildman–Crippen LogP) is 2.48. The molecule has 1 aliphatic rings. The molecule has 0 unspecified atom stereocenters. The van der Waals surface area contributed by atoms with Crippen molar-refractivity contribution in [2.24, 2.45) is 0 Å². The molecule has 2 rings (SSSR count). The Kier molecular flexibility index (Phi) is 4.81. The van der Waals surface area contributed by atoms with Crippen LogP contribution in [-0.4, -0.2) is 25.2 Å². The van der Waals surface area contributed by atoms with Crippen molar-refractivity contribution in [1.82, 2.24) is 5.32 Å². The topological polar surface area (TPSA) is 38.3 Å². The van der Waals surface area contributed by atoms with E-state index in [1.54, 1.807) is 0 Å². The Balaban J connectivity index is 2.06. The van der Waals surface area contributed by atoms with Gasteiger partial charge < -0.3 is 4.74 Å². The van der Waals surface area contributed by atoms with Crippen molar-refractivity contribution in [3.8, 4) is 12.3 Å². The summed E-state index contributed by atoms with van der Waals surface area (Å²) in [5.41, 5.74) is 0.745. The van der Waals surface area contributed by atoms with E-state index >= 15 is 0 Å². The summed E-state index contributed by atoms with van der Waals surface area (Å²) in [7, 11) is 1.44. The molecule has 3 heteroatoms. The van der Waals surface area contributed by atoms with Crippen LogP contribution < -0.4 is 5.32 Å². The lowest BCUT2D eigenvalue weighted by Crippen LogP contribution is -2.54. The van der Waals surface area contributed by atoms with Crippen LogP contribution in [0.5, 0.6) is 0 Å². The van der Waals surface area contributed by atoms with Gasteiger partial charge in [0, 0.05) is 0 Å². The van der Waals surface area contributed by atoms with Crippen LogP contribution in [0.1, 0.15) is 37.2 Å². The van der Waals surface area contributed by atoms with Crippen LogP contribution in [-0.2, 0) is 9.53 Å². The van der Waals surface area contributed by atoms with E-state index in [9.17, 15) is 4.79 Å². The Hall–Kier alpha value is -1.79. The van der Waals surface area contributed by atoms with E-state index in [1.165, 1.54) is 12.7 Å². The van der Waals surface area contributed by atoms with Crippen molar-refractivity contribution in [2.45, 2.75) is 37.1 Å². The molecular weight excluding hydrogens is 250 g/mol. The highest BCUT2D eigenvalue weighted by molar-refractivity contribution is 5.81. The lowest BCUT2D eigenvalue weighted by molar-refractivity contribution is -0.150. The molecular formula is C17H21NO2. The zero-order valence-electron chi connectivity index (χ0n) is 11.9. The molecule has 0 atom stereocenters. The molecule has 0 radical (unpaired) electrons. The molecule has 1 N–H and O–H groups in total. The first-order valence-electron chi connectivity index (χ1n) is 7.04. The van der Waals surface area contributed by atoms with Gasteiger partial charge >= 0.3 is 5.97 Å². The van der Waals surface area contributed by atoms with Gasteiger partial charge in [0.1, 0.15) is 5.54 Å². The smallest absolute Gasteiger partial charge is 0.326 e. The molecule has 3 nitrogen and oxygen atoms in total. The van der Waals surface area contributed by atoms with Crippen LogP contribution >= 0.6 is 0 Å². The second-order valence-corrected chi connectivity index (χ2v) is 5.32. The highest BCUT2D eigenvalue weighted by atomic mass is 16.5. The Morgan fingerprint density at radius 3 is 2.60 bits per heavy atom. The van der Waals surface area contributed by atoms with Gasteiger partial charge in [0.15, 0.2) is 0 Å². The minimum Gasteiger partial charge on any atom is -0.468 e. The number of terminal acetylenes is 1. The molecule has 20 heavy (non-hydrogen) atoms. The molecule has 1 aliphatic carbocycles. The average molecular weight is 271 g/mol. The molecule has 0 saturated heterocycles. The minimum atomic E-state index is -0.605. The largest absolute Gasteiger partial charge is 0.468 e. The Morgan fingerprint density at radius 2 is 2.05 bits per heavy atom. The van der Waals surface area contributed by atoms with E-state index < -0.39 is 5.54 Å². The van der Waals surface area contributed by atoms with Crippen LogP contribution in [0.4, 0.5) is 0 Å². The highest BCUT2D eigenvalue weighted by Crippen LogP contribution is 2.38. The van der Waals surface area contributed by atoms with Gasteiger partial charge in [0.2, 0.25) is 0 Å². The zero-order valence-corrected chi connectivity index (χ0v) is 11.9. The molecule has 1 aromatic rings. The number of esters is 1. The third-order valence-corrected chi connectivity index (χ3v) is 4.22. The van der Waals surface area contributed by atoms with Crippen molar-refractivity contribution in [2.75, 3.05) is 13.7 Å². The predicted molar refractivity (Wildman–Crippen MR) is 79.2 cm³/mol. The summed E-state index contributed by atoms with van der Waals surface area (Å²) in [5, 5.41) is 3.20. The highest BCUT2D eigenvalue weighted by Gasteiger charge is 2.42. The number of rotatable bonds is 4. The van der Waals surface area contributed by atoms with Crippen molar-refractivity contribution in [3.63, 3.8) is 0 Å². The SMILES string of the molecule is C#CCNC1(C(=O)OC)CCC(c2ccccc2)CC1. The summed E-state index contributed by atoms with van der Waals surface area (Å²) in [6, 6.07) is 10.5. The van der Waals surface area contributed by atoms with E-state index in [4.69, 9.17) is 11.2 Å². The van der Waals surface area contributed by atoms with Gasteiger partial charge in [0.25, 0.3) is 0 Å². The third kappa shape index (κ3) is 3.02. The number of hydrogen-bond acceptors (Lipinski definition) is 3. The van der Waals surface area contributed by atoms with Crippen molar-refractivity contribution < 1.29 is 9.53 Å². The van der Waals surface area contributed by atoms with Crippen LogP contribution in [0.2, 0.25) is 0 Å². The van der Waals surface area contributed by atoms with Gasteiger partial charge in [-0.05, 0) is 37.2 Å². The lowest BCUT2D eigenvalue weighted by atomic mass is 9.74. The molecule has 0 aliphatic heterocycles. The van der Waals surface area contributed by atoms with Gasteiger partial charge in [-0.2, -0.15) is 0 Å². The molecule has 1 aromatic carbocycles. The van der Waals surface area contributed by atoms with Gasteiger partial charge in [0.05, 0.1) is 13.7 Å². The fraction of sp³-hybridized carbons (Fsp3) is 0.471. The standard InChI is InChI=1S/C17H21NO2/c1-3-13-18-17(16(19)20-2)11-9-15(10-12-17)14-7-5-4-6-8-14/h1,4-8,15,18H,9-13H2,2H3.